The van der Waals surface area contributed by atoms with E-state index in [1.54, 1.807) is 7.11 Å². The van der Waals surface area contributed by atoms with E-state index in [1.165, 1.54) is 0 Å². The molecule has 1 aliphatic heterocycles. The van der Waals surface area contributed by atoms with Gasteiger partial charge in [0.15, 0.2) is 0 Å². The number of hydrogen-bond acceptors (Lipinski definition) is 3. The Labute approximate surface area is 135 Å². The SMILES string of the molecule is COc1c(C)cc([C@H](CCC(F)(F)F)N2CCNCC2)cc1C. The minimum atomic E-state index is -4.12. The predicted molar refractivity (Wildman–Crippen MR) is 84.9 cm³/mol. The van der Waals surface area contributed by atoms with Gasteiger partial charge in [0.1, 0.15) is 5.75 Å². The third-order valence-electron chi connectivity index (χ3n) is 4.37. The lowest BCUT2D eigenvalue weighted by atomic mass is 9.95. The minimum Gasteiger partial charge on any atom is -0.496 e. The topological polar surface area (TPSA) is 24.5 Å². The molecule has 1 aliphatic rings. The number of methoxy groups -OCH3 is 1. The van der Waals surface area contributed by atoms with Crippen molar-refractivity contribution in [3.63, 3.8) is 0 Å². The van der Waals surface area contributed by atoms with Gasteiger partial charge < -0.3 is 10.1 Å². The summed E-state index contributed by atoms with van der Waals surface area (Å²) in [6, 6.07) is 3.73. The molecule has 1 N–H and O–H groups in total. The highest BCUT2D eigenvalue weighted by molar-refractivity contribution is 5.44. The second kappa shape index (κ2) is 7.53. The van der Waals surface area contributed by atoms with Crippen LogP contribution < -0.4 is 10.1 Å². The average molecular weight is 330 g/mol. The summed E-state index contributed by atoms with van der Waals surface area (Å²) in [4.78, 5) is 2.16. The van der Waals surface area contributed by atoms with Crippen LogP contribution in [0.15, 0.2) is 12.1 Å². The summed E-state index contributed by atoms with van der Waals surface area (Å²) in [5.41, 5.74) is 2.89. The number of benzene rings is 1. The number of hydrogen-bond donors (Lipinski definition) is 1. The summed E-state index contributed by atoms with van der Waals surface area (Å²) < 4.78 is 43.5. The number of rotatable bonds is 5. The van der Waals surface area contributed by atoms with Crippen LogP contribution in [0.4, 0.5) is 13.2 Å². The number of aryl methyl sites for hydroxylation is 2. The van der Waals surface area contributed by atoms with E-state index in [2.05, 4.69) is 10.2 Å². The van der Waals surface area contributed by atoms with Crippen molar-refractivity contribution in [2.45, 2.75) is 38.9 Å². The van der Waals surface area contributed by atoms with Crippen molar-refractivity contribution in [3.05, 3.63) is 28.8 Å². The fourth-order valence-electron chi connectivity index (χ4n) is 3.35. The smallest absolute Gasteiger partial charge is 0.389 e. The Bertz CT molecular complexity index is 502. The highest BCUT2D eigenvalue weighted by Gasteiger charge is 2.31. The number of ether oxygens (including phenoxy) is 1. The number of nitrogens with one attached hydrogen (secondary N) is 1. The van der Waals surface area contributed by atoms with Gasteiger partial charge in [-0.15, -0.1) is 0 Å². The standard InChI is InChI=1S/C17H25F3N2O/c1-12-10-14(11-13(2)16(12)23-3)15(4-5-17(18,19)20)22-8-6-21-7-9-22/h10-11,15,21H,4-9H2,1-3H3/t15-/m0/s1. The second-order valence-electron chi connectivity index (χ2n) is 6.14. The van der Waals surface area contributed by atoms with Gasteiger partial charge in [0.2, 0.25) is 0 Å². The summed E-state index contributed by atoms with van der Waals surface area (Å²) in [6.45, 7) is 7.05. The van der Waals surface area contributed by atoms with Crippen LogP contribution >= 0.6 is 0 Å². The number of halogens is 3. The average Bonchev–Trinajstić information content (AvgIpc) is 2.47. The van der Waals surface area contributed by atoms with Crippen LogP contribution in [0.25, 0.3) is 0 Å². The van der Waals surface area contributed by atoms with E-state index in [9.17, 15) is 13.2 Å². The second-order valence-corrected chi connectivity index (χ2v) is 6.14. The van der Waals surface area contributed by atoms with Gasteiger partial charge in [-0.1, -0.05) is 12.1 Å². The molecule has 6 heteroatoms. The van der Waals surface area contributed by atoms with E-state index in [-0.39, 0.29) is 12.5 Å². The van der Waals surface area contributed by atoms with Crippen LogP contribution in [0, 0.1) is 13.8 Å². The highest BCUT2D eigenvalue weighted by atomic mass is 19.4. The maximum Gasteiger partial charge on any atom is 0.389 e. The Balaban J connectivity index is 2.28. The van der Waals surface area contributed by atoms with Crippen molar-refractivity contribution in [1.82, 2.24) is 10.2 Å². The minimum absolute atomic E-state index is 0.0920. The van der Waals surface area contributed by atoms with E-state index < -0.39 is 12.6 Å². The zero-order valence-electron chi connectivity index (χ0n) is 14.0. The molecule has 0 spiro atoms. The molecule has 0 aliphatic carbocycles. The molecule has 0 unspecified atom stereocenters. The Morgan fingerprint density at radius 1 is 1.17 bits per heavy atom. The molecule has 0 aromatic heterocycles. The maximum atomic E-state index is 12.7. The van der Waals surface area contributed by atoms with Crippen molar-refractivity contribution in [2.75, 3.05) is 33.3 Å². The molecule has 2 rings (SSSR count). The van der Waals surface area contributed by atoms with Gasteiger partial charge in [-0.05, 0) is 37.0 Å². The first-order chi connectivity index (χ1) is 10.8. The van der Waals surface area contributed by atoms with Gasteiger partial charge in [0, 0.05) is 38.6 Å². The molecule has 3 nitrogen and oxygen atoms in total. The van der Waals surface area contributed by atoms with Crippen LogP contribution in [-0.4, -0.2) is 44.4 Å². The first kappa shape index (κ1) is 18.1. The van der Waals surface area contributed by atoms with Gasteiger partial charge in [-0.3, -0.25) is 4.90 Å². The van der Waals surface area contributed by atoms with Crippen molar-refractivity contribution >= 4 is 0 Å². The zero-order chi connectivity index (χ0) is 17.0. The normalized spacial score (nSPS) is 18.0. The van der Waals surface area contributed by atoms with Crippen molar-refractivity contribution < 1.29 is 17.9 Å². The Morgan fingerprint density at radius 3 is 2.22 bits per heavy atom. The fraction of sp³-hybridized carbons (Fsp3) is 0.647. The molecular formula is C17H25F3N2O. The Hall–Kier alpha value is -1.27. The van der Waals surface area contributed by atoms with E-state index in [0.29, 0.717) is 0 Å². The molecule has 0 radical (unpaired) electrons. The lowest BCUT2D eigenvalue weighted by Gasteiger charge is -2.36. The Morgan fingerprint density at radius 2 is 1.74 bits per heavy atom. The quantitative estimate of drug-likeness (QED) is 0.893. The monoisotopic (exact) mass is 330 g/mol. The lowest BCUT2D eigenvalue weighted by Crippen LogP contribution is -2.45. The summed E-state index contributed by atoms with van der Waals surface area (Å²) in [5.74, 6) is 0.809. The molecule has 1 atom stereocenters. The van der Waals surface area contributed by atoms with Crippen LogP contribution in [0.1, 0.15) is 35.6 Å². The molecule has 1 aromatic carbocycles. The number of piperazine rings is 1. The molecule has 0 bridgehead atoms. The van der Waals surface area contributed by atoms with Crippen LogP contribution in [-0.2, 0) is 0 Å². The lowest BCUT2D eigenvalue weighted by molar-refractivity contribution is -0.138. The molecule has 1 aromatic rings. The first-order valence-electron chi connectivity index (χ1n) is 7.98. The summed E-state index contributed by atoms with van der Waals surface area (Å²) in [7, 11) is 1.62. The van der Waals surface area contributed by atoms with E-state index in [0.717, 1.165) is 48.6 Å². The van der Waals surface area contributed by atoms with Gasteiger partial charge >= 0.3 is 6.18 Å². The van der Waals surface area contributed by atoms with Crippen molar-refractivity contribution in [3.8, 4) is 5.75 Å². The van der Waals surface area contributed by atoms with Crippen LogP contribution in [0.5, 0.6) is 5.75 Å². The van der Waals surface area contributed by atoms with Crippen LogP contribution in [0.3, 0.4) is 0 Å². The van der Waals surface area contributed by atoms with E-state index in [4.69, 9.17) is 4.74 Å². The van der Waals surface area contributed by atoms with Gasteiger partial charge in [-0.25, -0.2) is 0 Å². The molecular weight excluding hydrogens is 305 g/mol. The molecule has 1 fully saturated rings. The summed E-state index contributed by atoms with van der Waals surface area (Å²) in [5, 5.41) is 3.25. The van der Waals surface area contributed by atoms with Crippen molar-refractivity contribution in [2.24, 2.45) is 0 Å². The number of nitrogens with zero attached hydrogens (tertiary/aromatic N) is 1. The van der Waals surface area contributed by atoms with Gasteiger partial charge in [-0.2, -0.15) is 13.2 Å². The van der Waals surface area contributed by atoms with Gasteiger partial charge in [0.25, 0.3) is 0 Å². The number of alkyl halides is 3. The third kappa shape index (κ3) is 4.85. The molecule has 1 saturated heterocycles. The van der Waals surface area contributed by atoms with Crippen molar-refractivity contribution in [1.29, 1.82) is 0 Å². The van der Waals surface area contributed by atoms with Crippen LogP contribution in [0.2, 0.25) is 0 Å². The molecule has 130 valence electrons. The first-order valence-corrected chi connectivity index (χ1v) is 7.98. The maximum absolute atomic E-state index is 12.7. The molecule has 23 heavy (non-hydrogen) atoms. The van der Waals surface area contributed by atoms with E-state index >= 15 is 0 Å². The third-order valence-corrected chi connectivity index (χ3v) is 4.37. The molecule has 0 amide bonds. The molecule has 0 saturated carbocycles. The predicted octanol–water partition coefficient (Wildman–Crippen LogP) is 3.60. The zero-order valence-corrected chi connectivity index (χ0v) is 14.0. The van der Waals surface area contributed by atoms with Gasteiger partial charge in [0.05, 0.1) is 7.11 Å². The Kier molecular flexibility index (Phi) is 5.92. The van der Waals surface area contributed by atoms with E-state index in [1.807, 2.05) is 26.0 Å². The summed E-state index contributed by atoms with van der Waals surface area (Å²) >= 11 is 0. The highest BCUT2D eigenvalue weighted by Crippen LogP contribution is 2.35. The fourth-order valence-corrected chi connectivity index (χ4v) is 3.35. The summed E-state index contributed by atoms with van der Waals surface area (Å²) in [6.07, 6.45) is -4.79. The largest absolute Gasteiger partial charge is 0.496 e. The molecule has 1 heterocycles.